The van der Waals surface area contributed by atoms with Gasteiger partial charge < -0.3 is 0 Å². The third kappa shape index (κ3) is 4.64. The molecule has 0 heterocycles. The Labute approximate surface area is 150 Å². The predicted octanol–water partition coefficient (Wildman–Crippen LogP) is 7.45. The molecule has 1 fully saturated rings. The minimum absolute atomic E-state index is 0.852. The van der Waals surface area contributed by atoms with Crippen molar-refractivity contribution in [2.45, 2.75) is 103 Å². The maximum atomic E-state index is 2.60. The van der Waals surface area contributed by atoms with E-state index in [2.05, 4.69) is 32.0 Å². The van der Waals surface area contributed by atoms with Gasteiger partial charge >= 0.3 is 0 Å². The normalized spacial score (nSPS) is 27.0. The van der Waals surface area contributed by atoms with Crippen LogP contribution in [0.25, 0.3) is 0 Å². The quantitative estimate of drug-likeness (QED) is 0.456. The molecular weight excluding hydrogens is 288 g/mol. The van der Waals surface area contributed by atoms with Gasteiger partial charge in [-0.05, 0) is 79.4 Å². The number of hydrogen-bond acceptors (Lipinski definition) is 0. The van der Waals surface area contributed by atoms with Gasteiger partial charge in [-0.3, -0.25) is 0 Å². The third-order valence-corrected chi connectivity index (χ3v) is 6.79. The van der Waals surface area contributed by atoms with E-state index >= 15 is 0 Å². The first-order valence-electron chi connectivity index (χ1n) is 10.9. The van der Waals surface area contributed by atoms with Gasteiger partial charge in [0.05, 0.1) is 0 Å². The van der Waals surface area contributed by atoms with Crippen molar-refractivity contribution in [3.05, 3.63) is 34.9 Å². The summed E-state index contributed by atoms with van der Waals surface area (Å²) >= 11 is 0. The molecule has 0 nitrogen and oxygen atoms in total. The van der Waals surface area contributed by atoms with Crippen LogP contribution < -0.4 is 0 Å². The van der Waals surface area contributed by atoms with Gasteiger partial charge in [-0.2, -0.15) is 0 Å². The number of hydrogen-bond donors (Lipinski definition) is 0. The van der Waals surface area contributed by atoms with E-state index in [1.54, 1.807) is 16.7 Å². The maximum Gasteiger partial charge on any atom is -0.0162 e. The van der Waals surface area contributed by atoms with Crippen LogP contribution in [0.3, 0.4) is 0 Å². The highest BCUT2D eigenvalue weighted by Crippen LogP contribution is 2.39. The molecule has 0 N–H and O–H groups in total. The minimum atomic E-state index is 0.852. The van der Waals surface area contributed by atoms with Crippen LogP contribution >= 0.6 is 0 Å². The second kappa shape index (κ2) is 9.07. The predicted molar refractivity (Wildman–Crippen MR) is 106 cm³/mol. The SMILES string of the molecule is CCCCCC1CCc2cc(C3CCC(CCC)CC3)ccc2C1. The second-order valence-electron chi connectivity index (χ2n) is 8.64. The van der Waals surface area contributed by atoms with E-state index in [4.69, 9.17) is 0 Å². The van der Waals surface area contributed by atoms with E-state index in [1.165, 1.54) is 83.5 Å². The van der Waals surface area contributed by atoms with Crippen LogP contribution in [0, 0.1) is 11.8 Å². The molecule has 1 saturated carbocycles. The second-order valence-corrected chi connectivity index (χ2v) is 8.64. The van der Waals surface area contributed by atoms with Crippen molar-refractivity contribution in [2.75, 3.05) is 0 Å². The van der Waals surface area contributed by atoms with Crippen molar-refractivity contribution in [3.63, 3.8) is 0 Å². The Morgan fingerprint density at radius 2 is 1.62 bits per heavy atom. The lowest BCUT2D eigenvalue weighted by Crippen LogP contribution is -2.16. The molecule has 0 saturated heterocycles. The fourth-order valence-electron chi connectivity index (χ4n) is 5.23. The molecule has 0 aliphatic heterocycles. The van der Waals surface area contributed by atoms with Gasteiger partial charge in [0.1, 0.15) is 0 Å². The molecular formula is C24H38. The highest BCUT2D eigenvalue weighted by Gasteiger charge is 2.24. The molecule has 24 heavy (non-hydrogen) atoms. The van der Waals surface area contributed by atoms with Gasteiger partial charge in [0.15, 0.2) is 0 Å². The first kappa shape index (κ1) is 18.0. The molecule has 134 valence electrons. The molecule has 2 aliphatic carbocycles. The van der Waals surface area contributed by atoms with E-state index in [9.17, 15) is 0 Å². The average Bonchev–Trinajstić information content (AvgIpc) is 2.62. The highest BCUT2D eigenvalue weighted by molar-refractivity contribution is 5.36. The van der Waals surface area contributed by atoms with Crippen LogP contribution in [0.15, 0.2) is 18.2 Å². The summed E-state index contributed by atoms with van der Waals surface area (Å²) < 4.78 is 0. The molecule has 0 amide bonds. The molecule has 0 heteroatoms. The molecule has 1 atom stereocenters. The Balaban J connectivity index is 1.56. The minimum Gasteiger partial charge on any atom is -0.0654 e. The Hall–Kier alpha value is -0.780. The zero-order valence-electron chi connectivity index (χ0n) is 16.2. The fraction of sp³-hybridized carbons (Fsp3) is 0.750. The monoisotopic (exact) mass is 326 g/mol. The molecule has 0 spiro atoms. The van der Waals surface area contributed by atoms with E-state index in [1.807, 2.05) is 0 Å². The summed E-state index contributed by atoms with van der Waals surface area (Å²) in [5, 5.41) is 0. The Morgan fingerprint density at radius 1 is 0.792 bits per heavy atom. The lowest BCUT2D eigenvalue weighted by molar-refractivity contribution is 0.308. The largest absolute Gasteiger partial charge is 0.0654 e. The van der Waals surface area contributed by atoms with Crippen LogP contribution in [-0.2, 0) is 12.8 Å². The maximum absolute atomic E-state index is 2.60. The summed E-state index contributed by atoms with van der Waals surface area (Å²) in [6.45, 7) is 4.65. The smallest absolute Gasteiger partial charge is 0.0162 e. The van der Waals surface area contributed by atoms with Gasteiger partial charge in [-0.25, -0.2) is 0 Å². The van der Waals surface area contributed by atoms with E-state index in [0.29, 0.717) is 0 Å². The number of fused-ring (bicyclic) bond motifs is 1. The van der Waals surface area contributed by atoms with Crippen LogP contribution in [0.1, 0.15) is 107 Å². The first-order chi connectivity index (χ1) is 11.8. The lowest BCUT2D eigenvalue weighted by Gasteiger charge is -2.30. The summed E-state index contributed by atoms with van der Waals surface area (Å²) in [5.41, 5.74) is 5.02. The third-order valence-electron chi connectivity index (χ3n) is 6.79. The van der Waals surface area contributed by atoms with Crippen molar-refractivity contribution >= 4 is 0 Å². The van der Waals surface area contributed by atoms with Gasteiger partial charge in [0.25, 0.3) is 0 Å². The summed E-state index contributed by atoms with van der Waals surface area (Å²) in [6.07, 6.45) is 18.4. The van der Waals surface area contributed by atoms with Gasteiger partial charge in [-0.1, -0.05) is 70.6 Å². The van der Waals surface area contributed by atoms with E-state index < -0.39 is 0 Å². The Bertz CT molecular complexity index is 493. The summed E-state index contributed by atoms with van der Waals surface area (Å²) in [4.78, 5) is 0. The molecule has 0 bridgehead atoms. The Kier molecular flexibility index (Phi) is 6.81. The summed E-state index contributed by atoms with van der Waals surface area (Å²) in [6, 6.07) is 7.58. The fourth-order valence-corrected chi connectivity index (χ4v) is 5.23. The number of benzene rings is 1. The zero-order chi connectivity index (χ0) is 16.8. The van der Waals surface area contributed by atoms with E-state index in [0.717, 1.165) is 17.8 Å². The number of aryl methyl sites for hydroxylation is 1. The van der Waals surface area contributed by atoms with Crippen molar-refractivity contribution in [3.8, 4) is 0 Å². The standard InChI is InChI=1S/C24H38/c1-3-5-6-8-20-11-14-24-18-23(16-15-22(24)17-20)21-12-9-19(7-4-2)10-13-21/h15-16,18-21H,3-14,17H2,1-2H3. The summed E-state index contributed by atoms with van der Waals surface area (Å²) in [7, 11) is 0. The van der Waals surface area contributed by atoms with Crippen molar-refractivity contribution in [1.82, 2.24) is 0 Å². The molecule has 2 aliphatic rings. The van der Waals surface area contributed by atoms with Crippen LogP contribution in [-0.4, -0.2) is 0 Å². The highest BCUT2D eigenvalue weighted by atomic mass is 14.3. The van der Waals surface area contributed by atoms with Gasteiger partial charge in [-0.15, -0.1) is 0 Å². The van der Waals surface area contributed by atoms with Crippen molar-refractivity contribution in [1.29, 1.82) is 0 Å². The van der Waals surface area contributed by atoms with Gasteiger partial charge in [0.2, 0.25) is 0 Å². The summed E-state index contributed by atoms with van der Waals surface area (Å²) in [5.74, 6) is 2.83. The van der Waals surface area contributed by atoms with Gasteiger partial charge in [0, 0.05) is 0 Å². The number of rotatable bonds is 7. The van der Waals surface area contributed by atoms with E-state index in [-0.39, 0.29) is 0 Å². The van der Waals surface area contributed by atoms with Crippen LogP contribution in [0.5, 0.6) is 0 Å². The lowest BCUT2D eigenvalue weighted by atomic mass is 9.75. The molecule has 1 aromatic rings. The number of unbranched alkanes of at least 4 members (excludes halogenated alkanes) is 2. The molecule has 1 aromatic carbocycles. The average molecular weight is 327 g/mol. The van der Waals surface area contributed by atoms with Crippen LogP contribution in [0.4, 0.5) is 0 Å². The zero-order valence-corrected chi connectivity index (χ0v) is 16.2. The topological polar surface area (TPSA) is 0 Å². The van der Waals surface area contributed by atoms with Crippen molar-refractivity contribution in [2.24, 2.45) is 11.8 Å². The Morgan fingerprint density at radius 3 is 2.38 bits per heavy atom. The molecule has 0 radical (unpaired) electrons. The molecule has 1 unspecified atom stereocenters. The molecule has 3 rings (SSSR count). The van der Waals surface area contributed by atoms with Crippen LogP contribution in [0.2, 0.25) is 0 Å². The molecule has 0 aromatic heterocycles. The van der Waals surface area contributed by atoms with Crippen molar-refractivity contribution < 1.29 is 0 Å². The first-order valence-corrected chi connectivity index (χ1v) is 10.9.